The van der Waals surface area contributed by atoms with Gasteiger partial charge in [-0.25, -0.2) is 9.97 Å². The second-order valence-electron chi connectivity index (χ2n) is 5.13. The Balaban J connectivity index is 1.76. The third-order valence-corrected chi connectivity index (χ3v) is 3.68. The standard InChI is InChI=1S/C14H18ClN3O/c1-10-2-5-12-14(16-10)18(13(8-15)17-12)6-7-19-9-11-3-4-11/h2,5,11H,3-4,6-9H2,1H3. The molecule has 5 heteroatoms. The van der Waals surface area contributed by atoms with Crippen molar-refractivity contribution >= 4 is 22.8 Å². The molecule has 3 rings (SSSR count). The number of imidazole rings is 1. The van der Waals surface area contributed by atoms with Crippen molar-refractivity contribution in [3.8, 4) is 0 Å². The third-order valence-electron chi connectivity index (χ3n) is 3.44. The number of fused-ring (bicyclic) bond motifs is 1. The van der Waals surface area contributed by atoms with Crippen LogP contribution in [0.15, 0.2) is 12.1 Å². The van der Waals surface area contributed by atoms with Gasteiger partial charge in [-0.2, -0.15) is 0 Å². The summed E-state index contributed by atoms with van der Waals surface area (Å²) >= 11 is 5.96. The molecule has 0 N–H and O–H groups in total. The molecule has 1 fully saturated rings. The van der Waals surface area contributed by atoms with Crippen molar-refractivity contribution < 1.29 is 4.74 Å². The van der Waals surface area contributed by atoms with Crippen LogP contribution in [0.1, 0.15) is 24.4 Å². The Kier molecular flexibility index (Phi) is 3.71. The van der Waals surface area contributed by atoms with E-state index in [1.54, 1.807) is 0 Å². The van der Waals surface area contributed by atoms with Gasteiger partial charge in [0.05, 0.1) is 12.5 Å². The van der Waals surface area contributed by atoms with Crippen molar-refractivity contribution in [3.05, 3.63) is 23.7 Å². The average molecular weight is 280 g/mol. The molecule has 1 aliphatic carbocycles. The average Bonchev–Trinajstić information content (AvgIpc) is 3.17. The number of rotatable bonds is 6. The van der Waals surface area contributed by atoms with Crippen molar-refractivity contribution in [2.45, 2.75) is 32.2 Å². The van der Waals surface area contributed by atoms with Crippen LogP contribution >= 0.6 is 11.6 Å². The highest BCUT2D eigenvalue weighted by molar-refractivity contribution is 6.16. The molecule has 0 aliphatic heterocycles. The minimum atomic E-state index is 0.401. The predicted molar refractivity (Wildman–Crippen MR) is 75.4 cm³/mol. The first-order chi connectivity index (χ1) is 9.28. The van der Waals surface area contributed by atoms with Gasteiger partial charge in [-0.15, -0.1) is 11.6 Å². The van der Waals surface area contributed by atoms with E-state index in [2.05, 4.69) is 14.5 Å². The van der Waals surface area contributed by atoms with Crippen molar-refractivity contribution in [2.75, 3.05) is 13.2 Å². The maximum absolute atomic E-state index is 5.96. The highest BCUT2D eigenvalue weighted by Crippen LogP contribution is 2.28. The van der Waals surface area contributed by atoms with E-state index in [1.165, 1.54) is 12.8 Å². The zero-order chi connectivity index (χ0) is 13.2. The lowest BCUT2D eigenvalue weighted by Gasteiger charge is -2.08. The molecule has 1 aliphatic rings. The Labute approximate surface area is 117 Å². The van der Waals surface area contributed by atoms with Crippen LogP contribution in [0.2, 0.25) is 0 Å². The van der Waals surface area contributed by atoms with Gasteiger partial charge in [0, 0.05) is 18.8 Å². The molecule has 19 heavy (non-hydrogen) atoms. The number of hydrogen-bond acceptors (Lipinski definition) is 3. The number of aromatic nitrogens is 3. The Morgan fingerprint density at radius 1 is 1.37 bits per heavy atom. The summed E-state index contributed by atoms with van der Waals surface area (Å²) in [6.45, 7) is 4.33. The number of pyridine rings is 1. The number of aryl methyl sites for hydroxylation is 1. The van der Waals surface area contributed by atoms with Crippen molar-refractivity contribution in [1.29, 1.82) is 0 Å². The highest BCUT2D eigenvalue weighted by atomic mass is 35.5. The second-order valence-corrected chi connectivity index (χ2v) is 5.39. The number of hydrogen-bond donors (Lipinski definition) is 0. The fourth-order valence-electron chi connectivity index (χ4n) is 2.17. The monoisotopic (exact) mass is 279 g/mol. The summed E-state index contributed by atoms with van der Waals surface area (Å²) < 4.78 is 7.76. The van der Waals surface area contributed by atoms with Gasteiger partial charge in [-0.05, 0) is 37.8 Å². The number of ether oxygens (including phenoxy) is 1. The van der Waals surface area contributed by atoms with Crippen molar-refractivity contribution in [2.24, 2.45) is 5.92 Å². The lowest BCUT2D eigenvalue weighted by Crippen LogP contribution is -2.10. The first-order valence-electron chi connectivity index (χ1n) is 6.74. The van der Waals surface area contributed by atoms with Gasteiger partial charge in [0.25, 0.3) is 0 Å². The van der Waals surface area contributed by atoms with E-state index >= 15 is 0 Å². The van der Waals surface area contributed by atoms with Crippen molar-refractivity contribution in [3.63, 3.8) is 0 Å². The number of nitrogens with zero attached hydrogens (tertiary/aromatic N) is 3. The molecule has 0 spiro atoms. The van der Waals surface area contributed by atoms with Crippen LogP contribution in [0, 0.1) is 12.8 Å². The van der Waals surface area contributed by atoms with Crippen molar-refractivity contribution in [1.82, 2.24) is 14.5 Å². The normalized spacial score (nSPS) is 15.3. The molecule has 0 bridgehead atoms. The van der Waals surface area contributed by atoms with Crippen LogP contribution in [-0.2, 0) is 17.2 Å². The Morgan fingerprint density at radius 2 is 2.21 bits per heavy atom. The lowest BCUT2D eigenvalue weighted by molar-refractivity contribution is 0.117. The molecule has 4 nitrogen and oxygen atoms in total. The van der Waals surface area contributed by atoms with Crippen LogP contribution in [0.3, 0.4) is 0 Å². The first-order valence-corrected chi connectivity index (χ1v) is 7.28. The SMILES string of the molecule is Cc1ccc2nc(CCl)n(CCOCC3CC3)c2n1. The fraction of sp³-hybridized carbons (Fsp3) is 0.571. The predicted octanol–water partition coefficient (Wildman–Crippen LogP) is 2.91. The second kappa shape index (κ2) is 5.47. The van der Waals surface area contributed by atoms with E-state index in [-0.39, 0.29) is 0 Å². The number of alkyl halides is 1. The van der Waals surface area contributed by atoms with Crippen LogP contribution in [0.4, 0.5) is 0 Å². The molecule has 1 saturated carbocycles. The Hall–Kier alpha value is -1.13. The smallest absolute Gasteiger partial charge is 0.160 e. The van der Waals surface area contributed by atoms with E-state index in [1.807, 2.05) is 19.1 Å². The zero-order valence-corrected chi connectivity index (χ0v) is 11.9. The summed E-state index contributed by atoms with van der Waals surface area (Å²) in [6.07, 6.45) is 2.64. The van der Waals surface area contributed by atoms with E-state index in [0.29, 0.717) is 12.5 Å². The molecular formula is C14H18ClN3O. The third kappa shape index (κ3) is 2.90. The molecule has 2 aromatic rings. The molecule has 0 atom stereocenters. The van der Waals surface area contributed by atoms with Crippen LogP contribution in [0.5, 0.6) is 0 Å². The van der Waals surface area contributed by atoms with E-state index in [0.717, 1.165) is 41.8 Å². The Morgan fingerprint density at radius 3 is 2.95 bits per heavy atom. The van der Waals surface area contributed by atoms with Gasteiger partial charge in [0.1, 0.15) is 11.3 Å². The summed E-state index contributed by atoms with van der Waals surface area (Å²) in [7, 11) is 0. The molecule has 2 heterocycles. The minimum Gasteiger partial charge on any atom is -0.379 e. The number of halogens is 1. The fourth-order valence-corrected chi connectivity index (χ4v) is 2.37. The largest absolute Gasteiger partial charge is 0.379 e. The van der Waals surface area contributed by atoms with Crippen LogP contribution in [0.25, 0.3) is 11.2 Å². The van der Waals surface area contributed by atoms with Gasteiger partial charge < -0.3 is 9.30 Å². The Bertz CT molecular complexity index is 577. The van der Waals surface area contributed by atoms with Gasteiger partial charge in [0.15, 0.2) is 5.65 Å². The minimum absolute atomic E-state index is 0.401. The van der Waals surface area contributed by atoms with Gasteiger partial charge in [-0.3, -0.25) is 0 Å². The van der Waals surface area contributed by atoms with Crippen LogP contribution in [-0.4, -0.2) is 27.7 Å². The maximum Gasteiger partial charge on any atom is 0.160 e. The summed E-state index contributed by atoms with van der Waals surface area (Å²) in [5.74, 6) is 2.06. The van der Waals surface area contributed by atoms with Gasteiger partial charge in [0.2, 0.25) is 0 Å². The molecule has 0 amide bonds. The topological polar surface area (TPSA) is 39.9 Å². The molecule has 0 unspecified atom stereocenters. The highest BCUT2D eigenvalue weighted by Gasteiger charge is 2.21. The summed E-state index contributed by atoms with van der Waals surface area (Å²) in [4.78, 5) is 9.07. The van der Waals surface area contributed by atoms with Gasteiger partial charge in [-0.1, -0.05) is 0 Å². The summed E-state index contributed by atoms with van der Waals surface area (Å²) in [5, 5.41) is 0. The van der Waals surface area contributed by atoms with E-state index in [9.17, 15) is 0 Å². The van der Waals surface area contributed by atoms with E-state index < -0.39 is 0 Å². The molecule has 0 radical (unpaired) electrons. The lowest BCUT2D eigenvalue weighted by atomic mass is 10.3. The molecule has 0 aromatic carbocycles. The molecular weight excluding hydrogens is 262 g/mol. The van der Waals surface area contributed by atoms with Gasteiger partial charge >= 0.3 is 0 Å². The quantitative estimate of drug-likeness (QED) is 0.603. The van der Waals surface area contributed by atoms with E-state index in [4.69, 9.17) is 16.3 Å². The molecule has 102 valence electrons. The first kappa shape index (κ1) is 12.9. The molecule has 0 saturated heterocycles. The molecule has 2 aromatic heterocycles. The summed E-state index contributed by atoms with van der Waals surface area (Å²) in [6, 6.07) is 3.97. The maximum atomic E-state index is 5.96. The van der Waals surface area contributed by atoms with Crippen LogP contribution < -0.4 is 0 Å². The summed E-state index contributed by atoms with van der Waals surface area (Å²) in [5.41, 5.74) is 2.81. The zero-order valence-electron chi connectivity index (χ0n) is 11.1.